The summed E-state index contributed by atoms with van der Waals surface area (Å²) in [5, 5.41) is 0. The van der Waals surface area contributed by atoms with Crippen LogP contribution in [0.2, 0.25) is 0 Å². The second-order valence-electron chi connectivity index (χ2n) is 3.75. The van der Waals surface area contributed by atoms with Crippen LogP contribution in [0, 0.1) is 0 Å². The second kappa shape index (κ2) is 6.99. The average Bonchev–Trinajstić information content (AvgIpc) is 2.39. The smallest absolute Gasteiger partial charge is 0.127 e. The van der Waals surface area contributed by atoms with Crippen molar-refractivity contribution in [2.24, 2.45) is 5.73 Å². The molecule has 4 heteroatoms. The first-order valence-corrected chi connectivity index (χ1v) is 5.44. The monoisotopic (exact) mass is 267 g/mol. The van der Waals surface area contributed by atoms with Crippen molar-refractivity contribution in [3.05, 3.63) is 60.2 Å². The first-order valence-electron chi connectivity index (χ1n) is 5.44. The molecular weight excluding hydrogens is 253 g/mol. The number of hydrogen-bond donors (Lipinski definition) is 1. The fourth-order valence-electron chi connectivity index (χ4n) is 1.52. The van der Waals surface area contributed by atoms with Crippen LogP contribution in [0.15, 0.2) is 54.6 Å². The molecule has 0 spiro atoms. The van der Waals surface area contributed by atoms with Crippen molar-refractivity contribution in [2.45, 2.75) is 6.04 Å². The number of halogens is 2. The molecule has 0 saturated carbocycles. The van der Waals surface area contributed by atoms with E-state index in [4.69, 9.17) is 10.5 Å². The third kappa shape index (κ3) is 3.72. The molecule has 0 bridgehead atoms. The van der Waals surface area contributed by atoms with Crippen molar-refractivity contribution < 1.29 is 9.13 Å². The van der Waals surface area contributed by atoms with E-state index in [0.29, 0.717) is 5.75 Å². The molecule has 0 aliphatic carbocycles. The first kappa shape index (κ1) is 14.5. The van der Waals surface area contributed by atoms with Crippen molar-refractivity contribution in [1.29, 1.82) is 0 Å². The van der Waals surface area contributed by atoms with E-state index < -0.39 is 12.7 Å². The van der Waals surface area contributed by atoms with Gasteiger partial charge in [0.2, 0.25) is 0 Å². The lowest BCUT2D eigenvalue weighted by atomic mass is 10.1. The van der Waals surface area contributed by atoms with E-state index in [9.17, 15) is 4.39 Å². The molecule has 2 aromatic carbocycles. The minimum absolute atomic E-state index is 0. The maximum atomic E-state index is 12.5. The van der Waals surface area contributed by atoms with E-state index in [2.05, 4.69) is 0 Å². The Morgan fingerprint density at radius 1 is 1.00 bits per heavy atom. The molecule has 2 rings (SSSR count). The average molecular weight is 268 g/mol. The van der Waals surface area contributed by atoms with Crippen LogP contribution in [0.3, 0.4) is 0 Å². The Bertz CT molecular complexity index is 478. The SMILES string of the molecule is Cl.N[C@@H](CF)c1cccc(Oc2ccccc2)c1. The van der Waals surface area contributed by atoms with Gasteiger partial charge in [0.25, 0.3) is 0 Å². The summed E-state index contributed by atoms with van der Waals surface area (Å²) in [6.07, 6.45) is 0. The van der Waals surface area contributed by atoms with Crippen molar-refractivity contribution in [1.82, 2.24) is 0 Å². The summed E-state index contributed by atoms with van der Waals surface area (Å²) in [4.78, 5) is 0. The lowest BCUT2D eigenvalue weighted by molar-refractivity contribution is 0.434. The molecule has 0 unspecified atom stereocenters. The fourth-order valence-corrected chi connectivity index (χ4v) is 1.52. The van der Waals surface area contributed by atoms with Gasteiger partial charge >= 0.3 is 0 Å². The van der Waals surface area contributed by atoms with Crippen molar-refractivity contribution in [2.75, 3.05) is 6.67 Å². The Morgan fingerprint density at radius 3 is 2.33 bits per heavy atom. The maximum absolute atomic E-state index is 12.5. The van der Waals surface area contributed by atoms with Crippen molar-refractivity contribution in [3.63, 3.8) is 0 Å². The Morgan fingerprint density at radius 2 is 1.67 bits per heavy atom. The molecule has 0 aliphatic heterocycles. The zero-order valence-electron chi connectivity index (χ0n) is 9.75. The number of nitrogens with two attached hydrogens (primary N) is 1. The van der Waals surface area contributed by atoms with E-state index >= 15 is 0 Å². The zero-order valence-corrected chi connectivity index (χ0v) is 10.6. The first-order chi connectivity index (χ1) is 8.29. The van der Waals surface area contributed by atoms with Crippen molar-refractivity contribution >= 4 is 12.4 Å². The van der Waals surface area contributed by atoms with Crippen LogP contribution in [0.1, 0.15) is 11.6 Å². The molecule has 2 N–H and O–H groups in total. The molecular formula is C14H15ClFNO. The van der Waals surface area contributed by atoms with Gasteiger partial charge in [-0.25, -0.2) is 4.39 Å². The summed E-state index contributed by atoms with van der Waals surface area (Å²) < 4.78 is 18.1. The van der Waals surface area contributed by atoms with Gasteiger partial charge in [-0.15, -0.1) is 12.4 Å². The van der Waals surface area contributed by atoms with E-state index in [1.807, 2.05) is 42.5 Å². The Kier molecular flexibility index (Phi) is 5.62. The summed E-state index contributed by atoms with van der Waals surface area (Å²) in [5.41, 5.74) is 6.36. The minimum Gasteiger partial charge on any atom is -0.457 e. The molecule has 0 fully saturated rings. The van der Waals surface area contributed by atoms with Crippen LogP contribution >= 0.6 is 12.4 Å². The van der Waals surface area contributed by atoms with Crippen LogP contribution in [0.4, 0.5) is 4.39 Å². The van der Waals surface area contributed by atoms with E-state index in [-0.39, 0.29) is 12.4 Å². The maximum Gasteiger partial charge on any atom is 0.127 e. The molecule has 0 aromatic heterocycles. The highest BCUT2D eigenvalue weighted by molar-refractivity contribution is 5.85. The molecule has 0 heterocycles. The summed E-state index contributed by atoms with van der Waals surface area (Å²) in [6.45, 7) is -0.575. The molecule has 0 amide bonds. The summed E-state index contributed by atoms with van der Waals surface area (Å²) in [7, 11) is 0. The van der Waals surface area contributed by atoms with Gasteiger partial charge in [-0.1, -0.05) is 30.3 Å². The number of alkyl halides is 1. The summed E-state index contributed by atoms with van der Waals surface area (Å²) in [5.74, 6) is 1.41. The van der Waals surface area contributed by atoms with Crippen LogP contribution in [0.5, 0.6) is 11.5 Å². The molecule has 2 nitrogen and oxygen atoms in total. The molecule has 18 heavy (non-hydrogen) atoms. The highest BCUT2D eigenvalue weighted by Gasteiger charge is 2.06. The van der Waals surface area contributed by atoms with E-state index in [1.54, 1.807) is 12.1 Å². The summed E-state index contributed by atoms with van der Waals surface area (Å²) in [6, 6.07) is 16.0. The van der Waals surface area contributed by atoms with Crippen LogP contribution in [-0.2, 0) is 0 Å². The molecule has 2 aromatic rings. The van der Waals surface area contributed by atoms with Gasteiger partial charge in [-0.3, -0.25) is 0 Å². The zero-order chi connectivity index (χ0) is 12.1. The number of benzene rings is 2. The standard InChI is InChI=1S/C14H14FNO.ClH/c15-10-14(16)11-5-4-8-13(9-11)17-12-6-2-1-3-7-12;/h1-9,14H,10,16H2;1H/t14-;/m0./s1. The normalized spacial score (nSPS) is 11.4. The van der Waals surface area contributed by atoms with Gasteiger partial charge in [0, 0.05) is 0 Å². The number of hydrogen-bond acceptors (Lipinski definition) is 2. The fraction of sp³-hybridized carbons (Fsp3) is 0.143. The predicted molar refractivity (Wildman–Crippen MR) is 73.1 cm³/mol. The Labute approximate surface area is 112 Å². The number of ether oxygens (including phenoxy) is 1. The molecule has 96 valence electrons. The number of para-hydroxylation sites is 1. The molecule has 0 radical (unpaired) electrons. The van der Waals surface area contributed by atoms with Crippen molar-refractivity contribution in [3.8, 4) is 11.5 Å². The van der Waals surface area contributed by atoms with Gasteiger partial charge in [0.05, 0.1) is 6.04 Å². The Balaban J connectivity index is 0.00000162. The topological polar surface area (TPSA) is 35.2 Å². The highest BCUT2D eigenvalue weighted by atomic mass is 35.5. The van der Waals surface area contributed by atoms with Crippen LogP contribution in [-0.4, -0.2) is 6.67 Å². The van der Waals surface area contributed by atoms with Gasteiger partial charge in [-0.2, -0.15) is 0 Å². The van der Waals surface area contributed by atoms with Crippen LogP contribution < -0.4 is 10.5 Å². The predicted octanol–water partition coefficient (Wildman–Crippen LogP) is 3.87. The van der Waals surface area contributed by atoms with Gasteiger partial charge in [-0.05, 0) is 29.8 Å². The van der Waals surface area contributed by atoms with Gasteiger partial charge < -0.3 is 10.5 Å². The van der Waals surface area contributed by atoms with Gasteiger partial charge in [0.15, 0.2) is 0 Å². The lowest BCUT2D eigenvalue weighted by Gasteiger charge is -2.10. The Hall–Kier alpha value is -1.58. The third-order valence-electron chi connectivity index (χ3n) is 2.43. The second-order valence-corrected chi connectivity index (χ2v) is 3.75. The molecule has 0 saturated heterocycles. The van der Waals surface area contributed by atoms with Gasteiger partial charge in [0.1, 0.15) is 18.2 Å². The lowest BCUT2D eigenvalue weighted by Crippen LogP contribution is -2.11. The van der Waals surface area contributed by atoms with Crippen LogP contribution in [0.25, 0.3) is 0 Å². The molecule has 1 atom stereocenters. The largest absolute Gasteiger partial charge is 0.457 e. The van der Waals surface area contributed by atoms with E-state index in [1.165, 1.54) is 0 Å². The number of rotatable bonds is 4. The summed E-state index contributed by atoms with van der Waals surface area (Å²) >= 11 is 0. The quantitative estimate of drug-likeness (QED) is 0.913. The third-order valence-corrected chi connectivity index (χ3v) is 2.43. The molecule has 0 aliphatic rings. The highest BCUT2D eigenvalue weighted by Crippen LogP contribution is 2.23. The van der Waals surface area contributed by atoms with E-state index in [0.717, 1.165) is 11.3 Å². The minimum atomic E-state index is -0.589.